The Morgan fingerprint density at radius 3 is 2.62 bits per heavy atom. The summed E-state index contributed by atoms with van der Waals surface area (Å²) in [5.74, 6) is 0.248. The summed E-state index contributed by atoms with van der Waals surface area (Å²) in [6.07, 6.45) is 9.85. The Hall–Kier alpha value is -0.347. The zero-order chi connectivity index (χ0) is 14.3. The Morgan fingerprint density at radius 1 is 1.29 bits per heavy atom. The number of H-pyrrole nitrogens is 1. The Balaban J connectivity index is 0.000000960. The van der Waals surface area contributed by atoms with Gasteiger partial charge in [-0.05, 0) is 19.4 Å². The van der Waals surface area contributed by atoms with E-state index >= 15 is 0 Å². The average Bonchev–Trinajstić information content (AvgIpc) is 3.10. The number of ketones is 1. The topological polar surface area (TPSA) is 57.8 Å². The van der Waals surface area contributed by atoms with Gasteiger partial charge in [-0.3, -0.25) is 0 Å². The fourth-order valence-corrected chi connectivity index (χ4v) is 3.66. The Labute approximate surface area is 173 Å². The number of aryl methyl sites for hydroxylation is 2. The molecule has 127 valence electrons. The van der Waals surface area contributed by atoms with Crippen molar-refractivity contribution in [3.8, 4) is 0 Å². The minimum Gasteiger partial charge on any atom is -1.00 e. The van der Waals surface area contributed by atoms with Crippen LogP contribution < -0.4 is 30.1 Å². The molecule has 2 N–H and O–H groups in total. The second kappa shape index (κ2) is 8.84. The maximum absolute atomic E-state index is 13.0. The molecule has 0 unspecified atom stereocenters. The van der Waals surface area contributed by atoms with Crippen molar-refractivity contribution in [1.29, 1.82) is 0 Å². The zero-order valence-corrected chi connectivity index (χ0v) is 17.3. The third-order valence-electron chi connectivity index (χ3n) is 4.97. The predicted molar refractivity (Wildman–Crippen MR) is 80.6 cm³/mol. The molecule has 0 amide bonds. The van der Waals surface area contributed by atoms with E-state index in [0.29, 0.717) is 6.42 Å². The molecule has 1 aliphatic heterocycles. The molecule has 4 rings (SSSR count). The molecule has 4 nitrogen and oxygen atoms in total. The molecule has 1 aliphatic carbocycles. The number of rotatable bonds is 4. The quantitative estimate of drug-likeness (QED) is 0.376. The minimum atomic E-state index is -0.427. The number of hydrogen-bond acceptors (Lipinski definition) is 3. The first-order chi connectivity index (χ1) is 10.3. The molecule has 1 aromatic heterocycles. The van der Waals surface area contributed by atoms with Crippen LogP contribution in [0.5, 0.6) is 0 Å². The van der Waals surface area contributed by atoms with Gasteiger partial charge < -0.3 is 39.9 Å². The fourth-order valence-electron chi connectivity index (χ4n) is 3.66. The average molecular weight is 444 g/mol. The number of fused-ring (bicyclic) bond motifs is 1. The third-order valence-corrected chi connectivity index (χ3v) is 4.97. The summed E-state index contributed by atoms with van der Waals surface area (Å²) in [6, 6.07) is 4.26. The van der Waals surface area contributed by atoms with Crippen LogP contribution in [-0.2, 0) is 45.5 Å². The van der Waals surface area contributed by atoms with Gasteiger partial charge in [0.15, 0.2) is 0 Å². The summed E-state index contributed by atoms with van der Waals surface area (Å²) < 4.78 is 0. The summed E-state index contributed by atoms with van der Waals surface area (Å²) in [5.41, 5.74) is 4.27. The molecule has 24 heavy (non-hydrogen) atoms. The molecule has 0 saturated carbocycles. The molecule has 1 aromatic carbocycles. The van der Waals surface area contributed by atoms with E-state index in [1.54, 1.807) is 6.33 Å². The number of carbonyl (C=O) groups is 1. The number of Topliss-reactive ketones (excluding diaryl/α,β-unsaturated/α-hetero) is 1. The van der Waals surface area contributed by atoms with Gasteiger partial charge in [-0.25, -0.2) is 4.98 Å². The summed E-state index contributed by atoms with van der Waals surface area (Å²) in [4.78, 5) is 20.2. The number of hydrogen-bond donors (Lipinski definition) is 2. The van der Waals surface area contributed by atoms with Gasteiger partial charge >= 0.3 is 26.2 Å². The standard InChI is InChI=1S/C17H20N3O.2ClH.Zr/c21-16(14-7-12-3-1-2-4-13(12)8-14)17(5-6-20-17)9-15-10-18-11-19-15;;;/h7-8,10-11,20H,1-6,9H2,(H,18,19);2*1H;/q-1;;;+3/p-2/t17-;;;/m0.../s1. The SMILES string of the molecule is O=C(c1cc2c([cH-]1)CCCC2)[C@@]1(Cc2cnc[nH]2)CCN1.[Cl-].[Cl-].[Zr+3]. The Morgan fingerprint density at radius 2 is 2.04 bits per heavy atom. The van der Waals surface area contributed by atoms with Crippen molar-refractivity contribution in [2.24, 2.45) is 0 Å². The van der Waals surface area contributed by atoms with E-state index in [9.17, 15) is 4.79 Å². The van der Waals surface area contributed by atoms with E-state index in [0.717, 1.165) is 37.1 Å². The number of carbonyl (C=O) groups excluding carboxylic acids is 1. The van der Waals surface area contributed by atoms with Gasteiger partial charge in [0, 0.05) is 18.3 Å². The van der Waals surface area contributed by atoms with E-state index in [-0.39, 0.29) is 56.8 Å². The molecular weight excluding hydrogens is 424 g/mol. The van der Waals surface area contributed by atoms with Crippen LogP contribution in [-0.4, -0.2) is 27.8 Å². The van der Waals surface area contributed by atoms with E-state index in [2.05, 4.69) is 27.4 Å². The van der Waals surface area contributed by atoms with Crippen molar-refractivity contribution in [2.75, 3.05) is 6.54 Å². The maximum atomic E-state index is 13.0. The molecule has 1 fully saturated rings. The van der Waals surface area contributed by atoms with Crippen molar-refractivity contribution in [3.63, 3.8) is 0 Å². The van der Waals surface area contributed by atoms with Crippen molar-refractivity contribution >= 4 is 5.78 Å². The van der Waals surface area contributed by atoms with E-state index in [1.165, 1.54) is 24.0 Å². The summed E-state index contributed by atoms with van der Waals surface area (Å²) in [6.45, 7) is 0.917. The van der Waals surface area contributed by atoms with Gasteiger partial charge in [0.25, 0.3) is 0 Å². The van der Waals surface area contributed by atoms with Crippen LogP contribution >= 0.6 is 0 Å². The first-order valence-corrected chi connectivity index (χ1v) is 7.82. The van der Waals surface area contributed by atoms with Crippen molar-refractivity contribution in [2.45, 2.75) is 44.1 Å². The number of halogens is 2. The van der Waals surface area contributed by atoms with Crippen molar-refractivity contribution < 1.29 is 55.8 Å². The van der Waals surface area contributed by atoms with Crippen LogP contribution in [0.15, 0.2) is 24.7 Å². The van der Waals surface area contributed by atoms with Crippen LogP contribution in [0.4, 0.5) is 0 Å². The molecule has 1 saturated heterocycles. The largest absolute Gasteiger partial charge is 3.00 e. The Kier molecular flexibility index (Phi) is 8.00. The van der Waals surface area contributed by atoms with Gasteiger partial charge in [0.1, 0.15) is 0 Å². The normalized spacial score (nSPS) is 21.3. The third kappa shape index (κ3) is 3.90. The number of aromatic nitrogens is 2. The fraction of sp³-hybridized carbons (Fsp3) is 0.471. The molecule has 1 atom stereocenters. The molecule has 1 radical (unpaired) electrons. The van der Waals surface area contributed by atoms with Gasteiger partial charge in [-0.2, -0.15) is 11.6 Å². The molecule has 7 heteroatoms. The van der Waals surface area contributed by atoms with Gasteiger partial charge in [-0.1, -0.05) is 19.3 Å². The molecular formula is C17H20Cl2N3OZr. The Bertz CT molecular complexity index is 642. The summed E-state index contributed by atoms with van der Waals surface area (Å²) in [5, 5.41) is 3.38. The van der Waals surface area contributed by atoms with Crippen LogP contribution in [0.1, 0.15) is 46.4 Å². The van der Waals surface area contributed by atoms with E-state index in [4.69, 9.17) is 0 Å². The van der Waals surface area contributed by atoms with E-state index in [1.807, 2.05) is 6.20 Å². The summed E-state index contributed by atoms with van der Waals surface area (Å²) in [7, 11) is 0. The minimum absolute atomic E-state index is 0. The van der Waals surface area contributed by atoms with Crippen molar-refractivity contribution in [3.05, 3.63) is 47.0 Å². The number of imidazole rings is 1. The maximum Gasteiger partial charge on any atom is 3.00 e. The monoisotopic (exact) mass is 442 g/mol. The summed E-state index contributed by atoms with van der Waals surface area (Å²) >= 11 is 0. The second-order valence-corrected chi connectivity index (χ2v) is 6.34. The smallest absolute Gasteiger partial charge is 1.00 e. The molecule has 2 aromatic rings. The van der Waals surface area contributed by atoms with E-state index < -0.39 is 5.54 Å². The number of nitrogens with zero attached hydrogens (tertiary/aromatic N) is 1. The number of nitrogens with one attached hydrogen (secondary N) is 2. The predicted octanol–water partition coefficient (Wildman–Crippen LogP) is -3.83. The second-order valence-electron chi connectivity index (χ2n) is 6.34. The van der Waals surface area contributed by atoms with Gasteiger partial charge in [0.05, 0.1) is 17.6 Å². The zero-order valence-electron chi connectivity index (χ0n) is 13.4. The van der Waals surface area contributed by atoms with Crippen LogP contribution in [0.25, 0.3) is 0 Å². The van der Waals surface area contributed by atoms with Gasteiger partial charge in [0.2, 0.25) is 0 Å². The van der Waals surface area contributed by atoms with Crippen LogP contribution in [0.2, 0.25) is 0 Å². The molecule has 0 spiro atoms. The van der Waals surface area contributed by atoms with Crippen molar-refractivity contribution in [1.82, 2.24) is 15.3 Å². The number of aromatic amines is 1. The first kappa shape index (κ1) is 21.7. The van der Waals surface area contributed by atoms with Gasteiger partial charge in [-0.15, -0.1) is 17.2 Å². The molecule has 2 aliphatic rings. The first-order valence-electron chi connectivity index (χ1n) is 7.82. The van der Waals surface area contributed by atoms with Crippen LogP contribution in [0, 0.1) is 0 Å². The van der Waals surface area contributed by atoms with Crippen LogP contribution in [0.3, 0.4) is 0 Å². The molecule has 2 heterocycles. The molecule has 0 bridgehead atoms.